The van der Waals surface area contributed by atoms with E-state index in [4.69, 9.17) is 5.73 Å². The Morgan fingerprint density at radius 2 is 1.60 bits per heavy atom. The Bertz CT molecular complexity index is 1150. The summed E-state index contributed by atoms with van der Waals surface area (Å²) in [4.78, 5) is 37.9. The van der Waals surface area contributed by atoms with Crippen LogP contribution in [-0.2, 0) is 0 Å². The van der Waals surface area contributed by atoms with Crippen molar-refractivity contribution in [2.45, 2.75) is 51.4 Å². The van der Waals surface area contributed by atoms with Crippen molar-refractivity contribution in [3.8, 4) is 0 Å². The number of nitrogens with two attached hydrogens (primary N) is 1. The SMILES string of the molecule is Cc1cc(NC(=O)c2ccc(C(N)=O)cc2N2CCC3(CC2)CC3)nc(N2CCC(F)(F)CC2)n1. The van der Waals surface area contributed by atoms with Gasteiger partial charge in [0.25, 0.3) is 11.8 Å². The summed E-state index contributed by atoms with van der Waals surface area (Å²) in [5, 5.41) is 2.84. The number of primary amides is 1. The van der Waals surface area contributed by atoms with Crippen LogP contribution in [0.25, 0.3) is 0 Å². The van der Waals surface area contributed by atoms with E-state index in [2.05, 4.69) is 20.2 Å². The number of aryl methyl sites for hydroxylation is 1. The van der Waals surface area contributed by atoms with E-state index >= 15 is 0 Å². The second-order valence-corrected chi connectivity index (χ2v) is 10.1. The van der Waals surface area contributed by atoms with E-state index in [9.17, 15) is 18.4 Å². The fourth-order valence-corrected chi connectivity index (χ4v) is 5.01. The summed E-state index contributed by atoms with van der Waals surface area (Å²) < 4.78 is 27.1. The standard InChI is InChI=1S/C25H30F2N6O2/c1-16-14-20(31-23(29-16)33-12-8-25(26,27)9-13-33)30-22(35)18-3-2-17(21(28)34)15-19(18)32-10-6-24(4-5-24)7-11-32/h2-3,14-15H,4-13H2,1H3,(H2,28,34)(H,29,30,31,35). The quantitative estimate of drug-likeness (QED) is 0.670. The average Bonchev–Trinajstić information content (AvgIpc) is 3.57. The number of alkyl halides is 2. The van der Waals surface area contributed by atoms with E-state index < -0.39 is 11.8 Å². The van der Waals surface area contributed by atoms with Gasteiger partial charge in [0.2, 0.25) is 11.9 Å². The lowest BCUT2D eigenvalue weighted by Gasteiger charge is -2.35. The zero-order valence-corrected chi connectivity index (χ0v) is 19.8. The van der Waals surface area contributed by atoms with Crippen LogP contribution in [0.15, 0.2) is 24.3 Å². The lowest BCUT2D eigenvalue weighted by molar-refractivity contribution is -0.0222. The van der Waals surface area contributed by atoms with Gasteiger partial charge in [0, 0.05) is 56.3 Å². The summed E-state index contributed by atoms with van der Waals surface area (Å²) in [6.07, 6.45) is 4.16. The monoisotopic (exact) mass is 484 g/mol. The van der Waals surface area contributed by atoms with Gasteiger partial charge in [-0.15, -0.1) is 0 Å². The number of hydrogen-bond acceptors (Lipinski definition) is 6. The van der Waals surface area contributed by atoms with Crippen molar-refractivity contribution in [2.75, 3.05) is 41.3 Å². The fourth-order valence-electron chi connectivity index (χ4n) is 5.01. The van der Waals surface area contributed by atoms with E-state index in [1.807, 2.05) is 0 Å². The second kappa shape index (κ2) is 8.73. The highest BCUT2D eigenvalue weighted by molar-refractivity contribution is 6.09. The molecule has 0 radical (unpaired) electrons. The molecule has 3 N–H and O–H groups in total. The highest BCUT2D eigenvalue weighted by atomic mass is 19.3. The van der Waals surface area contributed by atoms with Crippen LogP contribution < -0.4 is 20.9 Å². The minimum Gasteiger partial charge on any atom is -0.371 e. The van der Waals surface area contributed by atoms with Gasteiger partial charge in [0.1, 0.15) is 5.82 Å². The molecule has 2 aromatic rings. The number of piperidine rings is 2. The van der Waals surface area contributed by atoms with E-state index in [1.54, 1.807) is 36.1 Å². The highest BCUT2D eigenvalue weighted by Crippen LogP contribution is 2.54. The molecule has 2 aliphatic heterocycles. The van der Waals surface area contributed by atoms with Crippen LogP contribution in [0.3, 0.4) is 0 Å². The summed E-state index contributed by atoms with van der Waals surface area (Å²) >= 11 is 0. The van der Waals surface area contributed by atoms with E-state index in [1.165, 1.54) is 12.8 Å². The molecule has 3 aliphatic rings. The van der Waals surface area contributed by atoms with Crippen LogP contribution in [0.1, 0.15) is 64.9 Å². The number of nitrogens with zero attached hydrogens (tertiary/aromatic N) is 4. The molecule has 2 amide bonds. The van der Waals surface area contributed by atoms with Gasteiger partial charge in [-0.3, -0.25) is 9.59 Å². The van der Waals surface area contributed by atoms with E-state index in [-0.39, 0.29) is 31.8 Å². The molecule has 1 aromatic carbocycles. The normalized spacial score (nSPS) is 20.5. The van der Waals surface area contributed by atoms with Crippen LogP contribution >= 0.6 is 0 Å². The van der Waals surface area contributed by atoms with Gasteiger partial charge in [-0.2, -0.15) is 4.98 Å². The van der Waals surface area contributed by atoms with Gasteiger partial charge in [-0.05, 0) is 56.2 Å². The molecule has 10 heteroatoms. The van der Waals surface area contributed by atoms with Gasteiger partial charge in [-0.25, -0.2) is 13.8 Å². The molecule has 0 unspecified atom stereocenters. The van der Waals surface area contributed by atoms with Gasteiger partial charge in [0.15, 0.2) is 0 Å². The number of carbonyl (C=O) groups excluding carboxylic acids is 2. The second-order valence-electron chi connectivity index (χ2n) is 10.1. The summed E-state index contributed by atoms with van der Waals surface area (Å²) in [5.74, 6) is -2.95. The Kier molecular flexibility index (Phi) is 5.85. The van der Waals surface area contributed by atoms with Crippen molar-refractivity contribution in [1.29, 1.82) is 0 Å². The van der Waals surface area contributed by atoms with Crippen molar-refractivity contribution in [3.63, 3.8) is 0 Å². The van der Waals surface area contributed by atoms with Gasteiger partial charge < -0.3 is 20.9 Å². The maximum Gasteiger partial charge on any atom is 0.258 e. The number of halogens is 2. The van der Waals surface area contributed by atoms with Crippen molar-refractivity contribution >= 4 is 29.3 Å². The van der Waals surface area contributed by atoms with Crippen molar-refractivity contribution in [1.82, 2.24) is 9.97 Å². The molecular weight excluding hydrogens is 454 g/mol. The molecule has 3 fully saturated rings. The van der Waals surface area contributed by atoms with Gasteiger partial charge in [0.05, 0.1) is 11.3 Å². The fraction of sp³-hybridized carbons (Fsp3) is 0.520. The Labute approximate surface area is 202 Å². The Balaban J connectivity index is 1.37. The van der Waals surface area contributed by atoms with Gasteiger partial charge >= 0.3 is 0 Å². The van der Waals surface area contributed by atoms with Crippen molar-refractivity contribution in [2.24, 2.45) is 11.1 Å². The molecule has 1 spiro atoms. The summed E-state index contributed by atoms with van der Waals surface area (Å²) in [6.45, 7) is 3.71. The molecule has 0 bridgehead atoms. The number of amides is 2. The molecule has 1 aliphatic carbocycles. The molecule has 1 aromatic heterocycles. The van der Waals surface area contributed by atoms with Crippen LogP contribution in [0.4, 0.5) is 26.2 Å². The number of rotatable bonds is 5. The molecule has 1 saturated carbocycles. The molecule has 8 nitrogen and oxygen atoms in total. The van der Waals surface area contributed by atoms with Crippen molar-refractivity contribution < 1.29 is 18.4 Å². The van der Waals surface area contributed by atoms with Crippen LogP contribution in [-0.4, -0.2) is 53.9 Å². The number of nitrogens with one attached hydrogen (secondary N) is 1. The minimum atomic E-state index is -2.67. The first-order valence-electron chi connectivity index (χ1n) is 12.1. The number of hydrogen-bond donors (Lipinski definition) is 2. The minimum absolute atomic E-state index is 0.152. The number of benzene rings is 1. The number of anilines is 3. The molecule has 5 rings (SSSR count). The van der Waals surface area contributed by atoms with Crippen LogP contribution in [0.5, 0.6) is 0 Å². The first-order chi connectivity index (χ1) is 16.6. The summed E-state index contributed by atoms with van der Waals surface area (Å²) in [5.41, 5.74) is 8.06. The van der Waals surface area contributed by atoms with Gasteiger partial charge in [-0.1, -0.05) is 0 Å². The Hall–Kier alpha value is -3.30. The zero-order valence-electron chi connectivity index (χ0n) is 19.8. The molecular formula is C25H30F2N6O2. The maximum absolute atomic E-state index is 13.6. The Morgan fingerprint density at radius 1 is 0.943 bits per heavy atom. The molecule has 3 heterocycles. The summed E-state index contributed by atoms with van der Waals surface area (Å²) in [7, 11) is 0. The third-order valence-corrected chi connectivity index (χ3v) is 7.51. The van der Waals surface area contributed by atoms with Crippen LogP contribution in [0, 0.1) is 12.3 Å². The van der Waals surface area contributed by atoms with E-state index in [0.717, 1.165) is 25.9 Å². The smallest absolute Gasteiger partial charge is 0.258 e. The van der Waals surface area contributed by atoms with E-state index in [0.29, 0.717) is 39.7 Å². The third-order valence-electron chi connectivity index (χ3n) is 7.51. The Morgan fingerprint density at radius 3 is 2.23 bits per heavy atom. The maximum atomic E-state index is 13.6. The molecule has 0 atom stereocenters. The zero-order chi connectivity index (χ0) is 24.8. The predicted molar refractivity (Wildman–Crippen MR) is 129 cm³/mol. The number of carbonyl (C=O) groups is 2. The largest absolute Gasteiger partial charge is 0.371 e. The summed E-state index contributed by atoms with van der Waals surface area (Å²) in [6, 6.07) is 6.51. The number of aromatic nitrogens is 2. The topological polar surface area (TPSA) is 104 Å². The predicted octanol–water partition coefficient (Wildman–Crippen LogP) is 3.75. The average molecular weight is 485 g/mol. The lowest BCUT2D eigenvalue weighted by Crippen LogP contribution is -2.40. The first-order valence-corrected chi connectivity index (χ1v) is 12.1. The highest BCUT2D eigenvalue weighted by Gasteiger charge is 2.44. The van der Waals surface area contributed by atoms with Crippen LogP contribution in [0.2, 0.25) is 0 Å². The molecule has 186 valence electrons. The van der Waals surface area contributed by atoms with Crippen molar-refractivity contribution in [3.05, 3.63) is 41.1 Å². The molecule has 2 saturated heterocycles. The third kappa shape index (κ3) is 5.06. The lowest BCUT2D eigenvalue weighted by atomic mass is 9.92. The first kappa shape index (κ1) is 23.4. The molecule has 35 heavy (non-hydrogen) atoms.